The van der Waals surface area contributed by atoms with Crippen LogP contribution in [0.5, 0.6) is 0 Å². The van der Waals surface area contributed by atoms with Crippen molar-refractivity contribution in [3.05, 3.63) is 223 Å². The van der Waals surface area contributed by atoms with Gasteiger partial charge >= 0.3 is 0 Å². The molecule has 8 heteroatoms. The van der Waals surface area contributed by atoms with E-state index in [9.17, 15) is 0 Å². The minimum Gasteiger partial charge on any atom is -0.455 e. The monoisotopic (exact) mass is 996 g/mol. The van der Waals surface area contributed by atoms with Crippen LogP contribution in [0, 0.1) is 6.92 Å². The van der Waals surface area contributed by atoms with Crippen molar-refractivity contribution in [2.24, 2.45) is 9.98 Å². The van der Waals surface area contributed by atoms with Gasteiger partial charge in [-0.05, 0) is 107 Å². The van der Waals surface area contributed by atoms with Gasteiger partial charge < -0.3 is 28.4 Å². The molecule has 370 valence electrons. The number of hydrogen-bond acceptors (Lipinski definition) is 8. The van der Waals surface area contributed by atoms with Crippen LogP contribution in [0.3, 0.4) is 0 Å². The third-order valence-corrected chi connectivity index (χ3v) is 15.9. The standard InChI is InChI=1S/C69H52N6O2/c1-43(2)51-21-15-23-60-62(51)56-33-32-55-65(68(56)76-60)63-57(67(66(55)72-34-13-6-14-35-72)75(48-18-9-5-10-19-48)49-27-25-46(26-28-49)45-16-7-4-8-17-45)38-59(73-41-70-40-71-42-73)69-64(63)54-31-29-50(37-61(54)77-69)74-39-47-36-44(3)24-30-52(47)53-20-11-12-22-58(53)74/h4-34,36-38,40-41,43H,35,39,42H2,1-3H3. The predicted octanol–water partition coefficient (Wildman–Crippen LogP) is 18.4. The van der Waals surface area contributed by atoms with Crippen LogP contribution in [0.15, 0.2) is 225 Å². The van der Waals surface area contributed by atoms with Crippen molar-refractivity contribution < 1.29 is 8.83 Å². The molecule has 0 saturated heterocycles. The number of para-hydroxylation sites is 2. The Hall–Kier alpha value is -9.66. The molecule has 3 aliphatic heterocycles. The SMILES string of the molecule is Cc1ccc2c(c1)CN(c1ccc3c(c1)oc1c(N4C=NC=NC4)cc4c(N(c5ccccc5)c5ccc(-c6ccccc6)cc5)c(N5C=CC=CC5)c5ccc6c(oc7cccc(C(C)C)c76)c5c4c13)c1ccccc1-2. The Morgan fingerprint density at radius 2 is 1.31 bits per heavy atom. The largest absolute Gasteiger partial charge is 0.455 e. The fraction of sp³-hybridized carbons (Fsp3) is 0.101. The fourth-order valence-electron chi connectivity index (χ4n) is 12.4. The predicted molar refractivity (Wildman–Crippen MR) is 323 cm³/mol. The van der Waals surface area contributed by atoms with Crippen LogP contribution in [0.2, 0.25) is 0 Å². The zero-order chi connectivity index (χ0) is 51.3. The molecule has 0 atom stereocenters. The van der Waals surface area contributed by atoms with Crippen LogP contribution >= 0.6 is 0 Å². The second-order valence-electron chi connectivity index (χ2n) is 20.8. The molecule has 0 spiro atoms. The average molecular weight is 997 g/mol. The number of anilines is 7. The summed E-state index contributed by atoms with van der Waals surface area (Å²) in [7, 11) is 0. The van der Waals surface area contributed by atoms with E-state index in [-0.39, 0.29) is 5.92 Å². The quantitative estimate of drug-likeness (QED) is 0.141. The number of rotatable bonds is 8. The van der Waals surface area contributed by atoms with Crippen LogP contribution in [0.4, 0.5) is 39.8 Å². The van der Waals surface area contributed by atoms with E-state index in [0.717, 1.165) is 112 Å². The molecule has 0 radical (unpaired) electrons. The number of allylic oxidation sites excluding steroid dienone is 2. The van der Waals surface area contributed by atoms with Gasteiger partial charge in [-0.15, -0.1) is 0 Å². The lowest BCUT2D eigenvalue weighted by Gasteiger charge is -2.34. The number of benzene rings is 10. The maximum absolute atomic E-state index is 7.44. The second-order valence-corrected chi connectivity index (χ2v) is 20.8. The molecular formula is C69H52N6O2. The first-order valence-corrected chi connectivity index (χ1v) is 26.6. The van der Waals surface area contributed by atoms with Gasteiger partial charge in [-0.3, -0.25) is 4.99 Å². The lowest BCUT2D eigenvalue weighted by Crippen LogP contribution is -2.24. The number of aliphatic imine (C=N–C) groups is 2. The fourth-order valence-corrected chi connectivity index (χ4v) is 12.4. The van der Waals surface area contributed by atoms with Gasteiger partial charge in [0.25, 0.3) is 0 Å². The van der Waals surface area contributed by atoms with Gasteiger partial charge in [-0.1, -0.05) is 147 Å². The van der Waals surface area contributed by atoms with Crippen molar-refractivity contribution in [2.45, 2.75) is 33.2 Å². The molecule has 5 heterocycles. The molecular weight excluding hydrogens is 945 g/mol. The smallest absolute Gasteiger partial charge is 0.159 e. The summed E-state index contributed by atoms with van der Waals surface area (Å²) in [4.78, 5) is 18.7. The van der Waals surface area contributed by atoms with Gasteiger partial charge in [0.15, 0.2) is 5.58 Å². The summed E-state index contributed by atoms with van der Waals surface area (Å²) in [5, 5.41) is 8.41. The second kappa shape index (κ2) is 17.7. The van der Waals surface area contributed by atoms with Gasteiger partial charge in [0, 0.05) is 96.8 Å². The van der Waals surface area contributed by atoms with Crippen molar-refractivity contribution in [1.82, 2.24) is 0 Å². The van der Waals surface area contributed by atoms with Crippen molar-refractivity contribution in [3.8, 4) is 22.3 Å². The van der Waals surface area contributed by atoms with Crippen molar-refractivity contribution in [3.63, 3.8) is 0 Å². The average Bonchev–Trinajstić information content (AvgIpc) is 4.24. The molecule has 0 bridgehead atoms. The molecule has 0 saturated carbocycles. The number of aryl methyl sites for hydroxylation is 1. The van der Waals surface area contributed by atoms with E-state index >= 15 is 0 Å². The van der Waals surface area contributed by atoms with Gasteiger partial charge in [-0.25, -0.2) is 4.99 Å². The Balaban J connectivity index is 1.10. The van der Waals surface area contributed by atoms with E-state index < -0.39 is 0 Å². The van der Waals surface area contributed by atoms with Crippen LogP contribution in [0.25, 0.3) is 87.7 Å². The minimum atomic E-state index is 0.280. The number of fused-ring (bicyclic) bond motifs is 14. The number of hydrogen-bond donors (Lipinski definition) is 0. The van der Waals surface area contributed by atoms with E-state index in [2.05, 4.69) is 252 Å². The molecule has 3 aliphatic rings. The van der Waals surface area contributed by atoms with E-state index in [4.69, 9.17) is 13.8 Å². The van der Waals surface area contributed by atoms with Crippen molar-refractivity contribution in [1.29, 1.82) is 0 Å². The Bertz CT molecular complexity index is 4490. The number of furan rings is 2. The normalized spacial score (nSPS) is 14.1. The topological polar surface area (TPSA) is 64.0 Å². The Labute approximate surface area is 446 Å². The van der Waals surface area contributed by atoms with E-state index in [1.807, 2.05) is 6.34 Å². The molecule has 0 unspecified atom stereocenters. The van der Waals surface area contributed by atoms with Gasteiger partial charge in [-0.2, -0.15) is 0 Å². The van der Waals surface area contributed by atoms with Gasteiger partial charge in [0.05, 0.1) is 23.4 Å². The molecule has 10 aromatic carbocycles. The highest BCUT2D eigenvalue weighted by molar-refractivity contribution is 6.39. The van der Waals surface area contributed by atoms with Crippen LogP contribution in [-0.4, -0.2) is 25.9 Å². The van der Waals surface area contributed by atoms with Crippen molar-refractivity contribution >= 4 is 118 Å². The third-order valence-electron chi connectivity index (χ3n) is 15.9. The van der Waals surface area contributed by atoms with E-state index in [0.29, 0.717) is 13.2 Å². The maximum atomic E-state index is 7.44. The first-order valence-electron chi connectivity index (χ1n) is 26.6. The minimum absolute atomic E-state index is 0.280. The lowest BCUT2D eigenvalue weighted by molar-refractivity contribution is 0.668. The molecule has 0 aliphatic carbocycles. The summed E-state index contributed by atoms with van der Waals surface area (Å²) in [6, 6.07) is 66.2. The summed E-state index contributed by atoms with van der Waals surface area (Å²) in [6.07, 6.45) is 12.2. The Morgan fingerprint density at radius 3 is 2.12 bits per heavy atom. The summed E-state index contributed by atoms with van der Waals surface area (Å²) in [6.45, 7) is 8.48. The molecule has 0 amide bonds. The maximum Gasteiger partial charge on any atom is 0.159 e. The molecule has 8 nitrogen and oxygen atoms in total. The summed E-state index contributed by atoms with van der Waals surface area (Å²) in [5.41, 5.74) is 19.1. The van der Waals surface area contributed by atoms with Crippen molar-refractivity contribution in [2.75, 3.05) is 32.8 Å². The Morgan fingerprint density at radius 1 is 0.558 bits per heavy atom. The van der Waals surface area contributed by atoms with Crippen LogP contribution in [0.1, 0.15) is 36.5 Å². The zero-order valence-electron chi connectivity index (χ0n) is 43.0. The molecule has 0 fully saturated rings. The lowest BCUT2D eigenvalue weighted by atomic mass is 9.90. The highest BCUT2D eigenvalue weighted by atomic mass is 16.3. The Kier molecular flexibility index (Phi) is 10.3. The van der Waals surface area contributed by atoms with E-state index in [1.165, 1.54) is 39.1 Å². The highest BCUT2D eigenvalue weighted by Gasteiger charge is 2.32. The van der Waals surface area contributed by atoms with Gasteiger partial charge in [0.2, 0.25) is 0 Å². The van der Waals surface area contributed by atoms with Crippen LogP contribution in [-0.2, 0) is 6.54 Å². The summed E-state index contributed by atoms with van der Waals surface area (Å²) in [5.74, 6) is 0.280. The third kappa shape index (κ3) is 7.12. The molecule has 12 aromatic rings. The summed E-state index contributed by atoms with van der Waals surface area (Å²) < 4.78 is 14.8. The van der Waals surface area contributed by atoms with Crippen LogP contribution < -0.4 is 19.6 Å². The molecule has 0 N–H and O–H groups in total. The zero-order valence-corrected chi connectivity index (χ0v) is 43.0. The first-order chi connectivity index (χ1) is 37.9. The van der Waals surface area contributed by atoms with Gasteiger partial charge in [0.1, 0.15) is 29.8 Å². The number of nitrogens with zero attached hydrogens (tertiary/aromatic N) is 6. The molecule has 15 rings (SSSR count). The highest BCUT2D eigenvalue weighted by Crippen LogP contribution is 2.56. The van der Waals surface area contributed by atoms with E-state index in [1.54, 1.807) is 6.34 Å². The molecule has 2 aromatic heterocycles. The molecule has 77 heavy (non-hydrogen) atoms. The first kappa shape index (κ1) is 44.8. The summed E-state index contributed by atoms with van der Waals surface area (Å²) >= 11 is 0.